The molecule has 0 aromatic rings. The van der Waals surface area contributed by atoms with Crippen LogP contribution >= 0.6 is 0 Å². The largest absolute Gasteiger partial charge is 0.329 e. The molecule has 0 amide bonds. The maximum Gasteiger partial charge on any atom is 0.151 e. The predicted octanol–water partition coefficient (Wildman–Crippen LogP) is -0.620. The first-order valence-corrected chi connectivity index (χ1v) is 4.35. The van der Waals surface area contributed by atoms with Gasteiger partial charge in [0.2, 0.25) is 0 Å². The van der Waals surface area contributed by atoms with Crippen LogP contribution in [0.1, 0.15) is 6.92 Å². The molecule has 0 unspecified atom stereocenters. The van der Waals surface area contributed by atoms with Crippen molar-refractivity contribution in [2.45, 2.75) is 6.92 Å². The van der Waals surface area contributed by atoms with Crippen LogP contribution in [0.25, 0.3) is 0 Å². The van der Waals surface area contributed by atoms with Gasteiger partial charge < -0.3 is 5.73 Å². The van der Waals surface area contributed by atoms with Crippen LogP contribution in [0.2, 0.25) is 0 Å². The zero-order valence-corrected chi connectivity index (χ0v) is 5.74. The molecule has 0 aromatic heterocycles. The van der Waals surface area contributed by atoms with E-state index < -0.39 is 9.84 Å². The SMILES string of the molecule is CCS(=O)(=O)CCN. The summed E-state index contributed by atoms with van der Waals surface area (Å²) in [6.45, 7) is 1.85. The van der Waals surface area contributed by atoms with Crippen LogP contribution in [0.5, 0.6) is 0 Å². The predicted molar refractivity (Wildman–Crippen MR) is 33.4 cm³/mol. The Bertz CT molecular complexity index is 138. The molecule has 0 aliphatic carbocycles. The van der Waals surface area contributed by atoms with Crippen molar-refractivity contribution in [1.82, 2.24) is 0 Å². The van der Waals surface area contributed by atoms with Crippen LogP contribution in [0.15, 0.2) is 0 Å². The van der Waals surface area contributed by atoms with E-state index in [-0.39, 0.29) is 18.1 Å². The maximum absolute atomic E-state index is 10.5. The van der Waals surface area contributed by atoms with Crippen LogP contribution in [0.3, 0.4) is 0 Å². The number of hydrogen-bond donors (Lipinski definition) is 1. The van der Waals surface area contributed by atoms with Gasteiger partial charge in [0.25, 0.3) is 0 Å². The Labute approximate surface area is 49.8 Å². The van der Waals surface area contributed by atoms with Crippen molar-refractivity contribution in [3.63, 3.8) is 0 Å². The summed E-state index contributed by atoms with van der Waals surface area (Å²) in [5.74, 6) is 0.313. The highest BCUT2D eigenvalue weighted by Gasteiger charge is 2.02. The highest BCUT2D eigenvalue weighted by Crippen LogP contribution is 1.84. The molecule has 3 nitrogen and oxygen atoms in total. The van der Waals surface area contributed by atoms with Gasteiger partial charge in [0.15, 0.2) is 9.84 Å². The van der Waals surface area contributed by atoms with Gasteiger partial charge in [-0.05, 0) is 0 Å². The quantitative estimate of drug-likeness (QED) is 0.564. The molecule has 0 radical (unpaired) electrons. The second-order valence-electron chi connectivity index (χ2n) is 1.53. The molecule has 0 rings (SSSR count). The van der Waals surface area contributed by atoms with E-state index in [1.54, 1.807) is 6.92 Å². The molecule has 0 aliphatic heterocycles. The zero-order chi connectivity index (χ0) is 6.62. The summed E-state index contributed by atoms with van der Waals surface area (Å²) in [6.07, 6.45) is 0. The molecule has 8 heavy (non-hydrogen) atoms. The molecule has 0 aromatic carbocycles. The average Bonchev–Trinajstić information content (AvgIpc) is 1.67. The number of rotatable bonds is 3. The molecular formula is C4H11NO2S. The minimum absolute atomic E-state index is 0.115. The third-order valence-corrected chi connectivity index (χ3v) is 2.61. The van der Waals surface area contributed by atoms with Crippen molar-refractivity contribution >= 4 is 9.84 Å². The summed E-state index contributed by atoms with van der Waals surface area (Å²) < 4.78 is 21.0. The van der Waals surface area contributed by atoms with E-state index in [1.807, 2.05) is 0 Å². The Morgan fingerprint density at radius 3 is 2.12 bits per heavy atom. The lowest BCUT2D eigenvalue weighted by Crippen LogP contribution is -2.16. The average molecular weight is 137 g/mol. The van der Waals surface area contributed by atoms with Crippen LogP contribution in [0, 0.1) is 0 Å². The molecule has 0 saturated heterocycles. The van der Waals surface area contributed by atoms with E-state index in [9.17, 15) is 8.42 Å². The van der Waals surface area contributed by atoms with Crippen molar-refractivity contribution in [3.05, 3.63) is 0 Å². The van der Waals surface area contributed by atoms with E-state index in [2.05, 4.69) is 0 Å². The number of hydrogen-bond acceptors (Lipinski definition) is 3. The van der Waals surface area contributed by atoms with Gasteiger partial charge in [-0.2, -0.15) is 0 Å². The highest BCUT2D eigenvalue weighted by atomic mass is 32.2. The first kappa shape index (κ1) is 7.91. The van der Waals surface area contributed by atoms with Gasteiger partial charge in [-0.15, -0.1) is 0 Å². The Hall–Kier alpha value is -0.0900. The molecule has 0 bridgehead atoms. The topological polar surface area (TPSA) is 60.2 Å². The molecular weight excluding hydrogens is 126 g/mol. The third kappa shape index (κ3) is 2.98. The van der Waals surface area contributed by atoms with E-state index in [4.69, 9.17) is 5.73 Å². The Balaban J connectivity index is 3.76. The minimum atomic E-state index is -2.79. The normalized spacial score (nSPS) is 11.8. The molecule has 0 saturated carbocycles. The van der Waals surface area contributed by atoms with Gasteiger partial charge in [-0.1, -0.05) is 6.92 Å². The standard InChI is InChI=1S/C4H11NO2S/c1-2-8(6,7)4-3-5/h2-5H2,1H3. The van der Waals surface area contributed by atoms with Crippen LogP contribution in [-0.2, 0) is 9.84 Å². The number of sulfone groups is 1. The molecule has 2 N–H and O–H groups in total. The molecule has 0 spiro atoms. The molecule has 0 heterocycles. The minimum Gasteiger partial charge on any atom is -0.329 e. The molecule has 50 valence electrons. The van der Waals surface area contributed by atoms with Crippen molar-refractivity contribution in [2.75, 3.05) is 18.1 Å². The fraction of sp³-hybridized carbons (Fsp3) is 1.00. The smallest absolute Gasteiger partial charge is 0.151 e. The summed E-state index contributed by atoms with van der Waals surface area (Å²) in [5.41, 5.74) is 5.01. The monoisotopic (exact) mass is 137 g/mol. The van der Waals surface area contributed by atoms with Crippen molar-refractivity contribution in [3.8, 4) is 0 Å². The fourth-order valence-corrected chi connectivity index (χ4v) is 0.972. The van der Waals surface area contributed by atoms with Crippen LogP contribution in [0.4, 0.5) is 0 Å². The lowest BCUT2D eigenvalue weighted by molar-refractivity contribution is 0.597. The lowest BCUT2D eigenvalue weighted by atomic mass is 10.8. The Morgan fingerprint density at radius 2 is 2.00 bits per heavy atom. The second-order valence-corrected chi connectivity index (χ2v) is 4.00. The van der Waals surface area contributed by atoms with Gasteiger partial charge in [0, 0.05) is 12.3 Å². The van der Waals surface area contributed by atoms with Crippen molar-refractivity contribution < 1.29 is 8.42 Å². The van der Waals surface area contributed by atoms with Crippen LogP contribution in [-0.4, -0.2) is 26.5 Å². The van der Waals surface area contributed by atoms with E-state index in [1.165, 1.54) is 0 Å². The van der Waals surface area contributed by atoms with Gasteiger partial charge in [-0.25, -0.2) is 8.42 Å². The second kappa shape index (κ2) is 3.04. The summed E-state index contributed by atoms with van der Waals surface area (Å²) in [7, 11) is -2.79. The summed E-state index contributed by atoms with van der Waals surface area (Å²) in [4.78, 5) is 0. The van der Waals surface area contributed by atoms with Gasteiger partial charge in [0.05, 0.1) is 5.75 Å². The maximum atomic E-state index is 10.5. The molecule has 0 aliphatic rings. The molecule has 0 atom stereocenters. The number of nitrogens with two attached hydrogens (primary N) is 1. The van der Waals surface area contributed by atoms with E-state index >= 15 is 0 Å². The zero-order valence-electron chi connectivity index (χ0n) is 4.92. The molecule has 4 heteroatoms. The van der Waals surface area contributed by atoms with Gasteiger partial charge >= 0.3 is 0 Å². The van der Waals surface area contributed by atoms with Gasteiger partial charge in [0.1, 0.15) is 0 Å². The van der Waals surface area contributed by atoms with Gasteiger partial charge in [-0.3, -0.25) is 0 Å². The third-order valence-electron chi connectivity index (χ3n) is 0.869. The van der Waals surface area contributed by atoms with E-state index in [0.717, 1.165) is 0 Å². The first-order chi connectivity index (χ1) is 3.62. The summed E-state index contributed by atoms with van der Waals surface area (Å²) in [5, 5.41) is 0. The van der Waals surface area contributed by atoms with E-state index in [0.29, 0.717) is 0 Å². The summed E-state index contributed by atoms with van der Waals surface area (Å²) in [6, 6.07) is 0. The fourth-order valence-electron chi connectivity index (χ4n) is 0.324. The Morgan fingerprint density at radius 1 is 1.50 bits per heavy atom. The van der Waals surface area contributed by atoms with Crippen molar-refractivity contribution in [1.29, 1.82) is 0 Å². The Kier molecular flexibility index (Phi) is 3.01. The first-order valence-electron chi connectivity index (χ1n) is 2.53. The lowest BCUT2D eigenvalue weighted by Gasteiger charge is -1.93. The summed E-state index contributed by atoms with van der Waals surface area (Å²) >= 11 is 0. The van der Waals surface area contributed by atoms with Crippen LogP contribution < -0.4 is 5.73 Å². The molecule has 0 fully saturated rings. The van der Waals surface area contributed by atoms with Crippen molar-refractivity contribution in [2.24, 2.45) is 5.73 Å². The highest BCUT2D eigenvalue weighted by molar-refractivity contribution is 7.91.